The van der Waals surface area contributed by atoms with Crippen molar-refractivity contribution in [2.24, 2.45) is 5.10 Å². The van der Waals surface area contributed by atoms with Crippen molar-refractivity contribution in [3.05, 3.63) is 29.8 Å². The van der Waals surface area contributed by atoms with Crippen LogP contribution in [0.4, 0.5) is 0 Å². The minimum Gasteiger partial charge on any atom is -0.507 e. The van der Waals surface area contributed by atoms with Gasteiger partial charge in [-0.25, -0.2) is 5.43 Å². The molecule has 3 N–H and O–H groups in total. The van der Waals surface area contributed by atoms with Crippen LogP contribution in [0.3, 0.4) is 0 Å². The predicted octanol–water partition coefficient (Wildman–Crippen LogP) is -0.479. The standard InChI is InChI=1S/C13H17N3O2/c17-12-6-2-1-5-11(12)9-14-15-13(18)10-16-7-3-4-8-16/h1-2,5-6,9,17H,3-4,7-8,10H2,(H,15,18)/p+1/b14-9+. The maximum absolute atomic E-state index is 11.6. The summed E-state index contributed by atoms with van der Waals surface area (Å²) in [6.07, 6.45) is 3.85. The molecule has 0 spiro atoms. The van der Waals surface area contributed by atoms with Gasteiger partial charge in [-0.2, -0.15) is 5.10 Å². The molecule has 0 aromatic heterocycles. The number of rotatable bonds is 4. The fourth-order valence-corrected chi connectivity index (χ4v) is 2.09. The Morgan fingerprint density at radius 3 is 2.83 bits per heavy atom. The van der Waals surface area contributed by atoms with E-state index < -0.39 is 0 Å². The molecule has 96 valence electrons. The van der Waals surface area contributed by atoms with Gasteiger partial charge in [-0.3, -0.25) is 4.79 Å². The number of phenols is 1. The lowest BCUT2D eigenvalue weighted by atomic mass is 10.2. The van der Waals surface area contributed by atoms with E-state index in [1.807, 2.05) is 0 Å². The van der Waals surface area contributed by atoms with Gasteiger partial charge in [-0.05, 0) is 12.1 Å². The molecule has 1 aliphatic rings. The monoisotopic (exact) mass is 248 g/mol. The molecule has 1 saturated heterocycles. The zero-order valence-electron chi connectivity index (χ0n) is 10.2. The molecular weight excluding hydrogens is 230 g/mol. The van der Waals surface area contributed by atoms with E-state index >= 15 is 0 Å². The Hall–Kier alpha value is -1.88. The number of aromatic hydroxyl groups is 1. The fourth-order valence-electron chi connectivity index (χ4n) is 2.09. The number of nitrogens with zero attached hydrogens (tertiary/aromatic N) is 1. The molecule has 0 saturated carbocycles. The largest absolute Gasteiger partial charge is 0.507 e. The van der Waals surface area contributed by atoms with Crippen molar-refractivity contribution in [2.45, 2.75) is 12.8 Å². The minimum absolute atomic E-state index is 0.0847. The molecule has 1 aromatic carbocycles. The van der Waals surface area contributed by atoms with E-state index in [0.717, 1.165) is 13.1 Å². The van der Waals surface area contributed by atoms with Crippen LogP contribution in [-0.2, 0) is 4.79 Å². The first kappa shape index (κ1) is 12.6. The molecule has 0 aliphatic carbocycles. The summed E-state index contributed by atoms with van der Waals surface area (Å²) in [7, 11) is 0. The van der Waals surface area contributed by atoms with Crippen LogP contribution < -0.4 is 10.3 Å². The van der Waals surface area contributed by atoms with Crippen molar-refractivity contribution in [3.63, 3.8) is 0 Å². The molecule has 0 unspecified atom stereocenters. The lowest BCUT2D eigenvalue weighted by Crippen LogP contribution is -3.11. The molecule has 1 amide bonds. The molecule has 1 fully saturated rings. The van der Waals surface area contributed by atoms with E-state index in [0.29, 0.717) is 12.1 Å². The van der Waals surface area contributed by atoms with Gasteiger partial charge in [0.15, 0.2) is 6.54 Å². The first-order valence-corrected chi connectivity index (χ1v) is 6.19. The highest BCUT2D eigenvalue weighted by Crippen LogP contribution is 2.12. The van der Waals surface area contributed by atoms with Crippen molar-refractivity contribution in [1.82, 2.24) is 5.43 Å². The molecule has 18 heavy (non-hydrogen) atoms. The molecule has 0 atom stereocenters. The topological polar surface area (TPSA) is 66.1 Å². The van der Waals surface area contributed by atoms with Crippen LogP contribution >= 0.6 is 0 Å². The van der Waals surface area contributed by atoms with Gasteiger partial charge in [0.2, 0.25) is 0 Å². The Balaban J connectivity index is 1.80. The van der Waals surface area contributed by atoms with E-state index in [-0.39, 0.29) is 11.7 Å². The first-order chi connectivity index (χ1) is 8.75. The second kappa shape index (κ2) is 6.16. The van der Waals surface area contributed by atoms with Crippen molar-refractivity contribution in [2.75, 3.05) is 19.6 Å². The van der Waals surface area contributed by atoms with Crippen LogP contribution in [0.2, 0.25) is 0 Å². The molecule has 5 nitrogen and oxygen atoms in total. The molecule has 2 rings (SSSR count). The highest BCUT2D eigenvalue weighted by Gasteiger charge is 2.18. The van der Waals surface area contributed by atoms with E-state index in [4.69, 9.17) is 0 Å². The maximum Gasteiger partial charge on any atom is 0.295 e. The molecular formula is C13H18N3O2+. The Kier molecular flexibility index (Phi) is 4.30. The number of hydrogen-bond donors (Lipinski definition) is 3. The zero-order chi connectivity index (χ0) is 12.8. The maximum atomic E-state index is 11.6. The SMILES string of the molecule is O=C(C[NH+]1CCCC1)N/N=C/c1ccccc1O. The minimum atomic E-state index is -0.0847. The summed E-state index contributed by atoms with van der Waals surface area (Å²) in [5.41, 5.74) is 3.07. The second-order valence-corrected chi connectivity index (χ2v) is 4.49. The number of para-hydroxylation sites is 1. The van der Waals surface area contributed by atoms with Crippen LogP contribution in [0.1, 0.15) is 18.4 Å². The van der Waals surface area contributed by atoms with Gasteiger partial charge in [-0.15, -0.1) is 0 Å². The number of hydrogen-bond acceptors (Lipinski definition) is 3. The van der Waals surface area contributed by atoms with E-state index in [1.165, 1.54) is 24.0 Å². The lowest BCUT2D eigenvalue weighted by molar-refractivity contribution is -0.879. The van der Waals surface area contributed by atoms with Crippen LogP contribution in [0, 0.1) is 0 Å². The van der Waals surface area contributed by atoms with Gasteiger partial charge in [0, 0.05) is 18.4 Å². The zero-order valence-corrected chi connectivity index (χ0v) is 10.2. The summed E-state index contributed by atoms with van der Waals surface area (Å²) in [5.74, 6) is 0.0687. The smallest absolute Gasteiger partial charge is 0.295 e. The third-order valence-electron chi connectivity index (χ3n) is 3.05. The summed E-state index contributed by atoms with van der Waals surface area (Å²) in [5, 5.41) is 13.3. The fraction of sp³-hybridized carbons (Fsp3) is 0.385. The van der Waals surface area contributed by atoms with Gasteiger partial charge < -0.3 is 10.0 Å². The molecule has 1 aliphatic heterocycles. The number of quaternary nitrogens is 1. The van der Waals surface area contributed by atoms with Crippen molar-refractivity contribution in [3.8, 4) is 5.75 Å². The highest BCUT2D eigenvalue weighted by atomic mass is 16.3. The number of hydrazone groups is 1. The van der Waals surface area contributed by atoms with Crippen LogP contribution in [0.15, 0.2) is 29.4 Å². The highest BCUT2D eigenvalue weighted by molar-refractivity contribution is 5.85. The third kappa shape index (κ3) is 3.56. The van der Waals surface area contributed by atoms with E-state index in [2.05, 4.69) is 10.5 Å². The Labute approximate surface area is 106 Å². The molecule has 5 heteroatoms. The molecule has 1 aromatic rings. The molecule has 0 bridgehead atoms. The van der Waals surface area contributed by atoms with Gasteiger partial charge >= 0.3 is 0 Å². The number of amides is 1. The Morgan fingerprint density at radius 1 is 1.39 bits per heavy atom. The number of benzene rings is 1. The van der Waals surface area contributed by atoms with Crippen molar-refractivity contribution in [1.29, 1.82) is 0 Å². The number of phenolic OH excluding ortho intramolecular Hbond substituents is 1. The van der Waals surface area contributed by atoms with Crippen molar-refractivity contribution >= 4 is 12.1 Å². The first-order valence-electron chi connectivity index (χ1n) is 6.19. The van der Waals surface area contributed by atoms with Gasteiger partial charge in [0.05, 0.1) is 19.3 Å². The summed E-state index contributed by atoms with van der Waals surface area (Å²) < 4.78 is 0. The lowest BCUT2D eigenvalue weighted by Gasteiger charge is -2.09. The third-order valence-corrected chi connectivity index (χ3v) is 3.05. The summed E-state index contributed by atoms with van der Waals surface area (Å²) >= 11 is 0. The van der Waals surface area contributed by atoms with Gasteiger partial charge in [0.1, 0.15) is 5.75 Å². The van der Waals surface area contributed by atoms with Gasteiger partial charge in [0.25, 0.3) is 5.91 Å². The van der Waals surface area contributed by atoms with Gasteiger partial charge in [-0.1, -0.05) is 12.1 Å². The van der Waals surface area contributed by atoms with Crippen molar-refractivity contribution < 1.29 is 14.8 Å². The average molecular weight is 248 g/mol. The Morgan fingerprint density at radius 2 is 2.11 bits per heavy atom. The van der Waals surface area contributed by atoms with Crippen LogP contribution in [0.25, 0.3) is 0 Å². The number of likely N-dealkylation sites (tertiary alicyclic amines) is 1. The quantitative estimate of drug-likeness (QED) is 0.498. The summed E-state index contributed by atoms with van der Waals surface area (Å²) in [6, 6.07) is 6.85. The number of carbonyl (C=O) groups excluding carboxylic acids is 1. The summed E-state index contributed by atoms with van der Waals surface area (Å²) in [4.78, 5) is 12.9. The normalized spacial score (nSPS) is 16.2. The van der Waals surface area contributed by atoms with Crippen LogP contribution in [0.5, 0.6) is 5.75 Å². The van der Waals surface area contributed by atoms with Crippen LogP contribution in [-0.4, -0.2) is 36.9 Å². The van der Waals surface area contributed by atoms with E-state index in [9.17, 15) is 9.90 Å². The molecule has 1 heterocycles. The molecule has 0 radical (unpaired) electrons. The second-order valence-electron chi connectivity index (χ2n) is 4.49. The number of nitrogens with one attached hydrogen (secondary N) is 2. The summed E-state index contributed by atoms with van der Waals surface area (Å²) in [6.45, 7) is 2.60. The Bertz CT molecular complexity index is 440. The van der Waals surface area contributed by atoms with E-state index in [1.54, 1.807) is 24.3 Å². The number of carbonyl (C=O) groups is 1. The average Bonchev–Trinajstić information content (AvgIpc) is 2.84. The predicted molar refractivity (Wildman–Crippen MR) is 68.6 cm³/mol.